The smallest absolute Gasteiger partial charge is 0.124 e. The highest BCUT2D eigenvalue weighted by molar-refractivity contribution is 6.31. The second kappa shape index (κ2) is 5.81. The summed E-state index contributed by atoms with van der Waals surface area (Å²) in [5.41, 5.74) is 2.78. The highest BCUT2D eigenvalue weighted by Crippen LogP contribution is 2.28. The van der Waals surface area contributed by atoms with Gasteiger partial charge >= 0.3 is 0 Å². The maximum absolute atomic E-state index is 13.0. The molecule has 0 aliphatic carbocycles. The van der Waals surface area contributed by atoms with Crippen molar-refractivity contribution in [2.24, 2.45) is 0 Å². The first kappa shape index (κ1) is 14.2. The largest absolute Gasteiger partial charge is 0.378 e. The summed E-state index contributed by atoms with van der Waals surface area (Å²) in [5.74, 6) is -0.334. The molecule has 0 aliphatic heterocycles. The number of rotatable bonds is 3. The Morgan fingerprint density at radius 3 is 2.42 bits per heavy atom. The van der Waals surface area contributed by atoms with Gasteiger partial charge in [0.15, 0.2) is 0 Å². The van der Waals surface area contributed by atoms with Gasteiger partial charge in [-0.2, -0.15) is 0 Å². The Morgan fingerprint density at radius 2 is 1.79 bits per heavy atom. The molecule has 0 radical (unpaired) electrons. The average Bonchev–Trinajstić information content (AvgIpc) is 2.33. The lowest BCUT2D eigenvalue weighted by Crippen LogP contribution is -2.07. The number of anilines is 1. The van der Waals surface area contributed by atoms with Crippen LogP contribution in [0.3, 0.4) is 0 Å². The van der Waals surface area contributed by atoms with E-state index in [9.17, 15) is 4.39 Å². The van der Waals surface area contributed by atoms with E-state index in [0.717, 1.165) is 16.8 Å². The summed E-state index contributed by atoms with van der Waals surface area (Å²) in [6.07, 6.45) is 0. The Kier molecular flexibility index (Phi) is 4.33. The maximum atomic E-state index is 13.0. The Morgan fingerprint density at radius 1 is 1.05 bits per heavy atom. The van der Waals surface area contributed by atoms with E-state index in [0.29, 0.717) is 10.0 Å². The fourth-order valence-corrected chi connectivity index (χ4v) is 2.37. The molecule has 4 heteroatoms. The third-order valence-corrected chi connectivity index (χ3v) is 3.72. The number of hydrogen-bond acceptors (Lipinski definition) is 1. The Labute approximate surface area is 122 Å². The fourth-order valence-electron chi connectivity index (χ4n) is 1.86. The summed E-state index contributed by atoms with van der Waals surface area (Å²) < 4.78 is 13.0. The first-order valence-corrected chi connectivity index (χ1v) is 6.70. The topological polar surface area (TPSA) is 12.0 Å². The lowest BCUT2D eigenvalue weighted by molar-refractivity contribution is 0.626. The van der Waals surface area contributed by atoms with E-state index in [2.05, 4.69) is 5.32 Å². The van der Waals surface area contributed by atoms with Crippen molar-refractivity contribution in [2.75, 3.05) is 5.32 Å². The van der Waals surface area contributed by atoms with E-state index >= 15 is 0 Å². The second-order valence-corrected chi connectivity index (χ2v) is 5.31. The molecule has 19 heavy (non-hydrogen) atoms. The van der Waals surface area contributed by atoms with E-state index in [1.54, 1.807) is 6.07 Å². The van der Waals surface area contributed by atoms with Gasteiger partial charge in [-0.1, -0.05) is 35.3 Å². The Hall–Kier alpha value is -1.25. The molecular weight excluding hydrogens is 284 g/mol. The van der Waals surface area contributed by atoms with Crippen molar-refractivity contribution in [1.29, 1.82) is 0 Å². The lowest BCUT2D eigenvalue weighted by atomic mass is 10.1. The number of benzene rings is 2. The van der Waals surface area contributed by atoms with E-state index in [-0.39, 0.29) is 11.9 Å². The third kappa shape index (κ3) is 3.40. The molecule has 2 rings (SSSR count). The van der Waals surface area contributed by atoms with Crippen LogP contribution in [-0.2, 0) is 0 Å². The molecule has 0 amide bonds. The summed E-state index contributed by atoms with van der Waals surface area (Å²) >= 11 is 12.1. The lowest BCUT2D eigenvalue weighted by Gasteiger charge is -2.17. The minimum Gasteiger partial charge on any atom is -0.378 e. The van der Waals surface area contributed by atoms with Crippen molar-refractivity contribution in [3.05, 3.63) is 63.4 Å². The zero-order valence-corrected chi connectivity index (χ0v) is 12.2. The zero-order valence-electron chi connectivity index (χ0n) is 10.7. The minimum absolute atomic E-state index is 0.0353. The van der Waals surface area contributed by atoms with Crippen LogP contribution in [-0.4, -0.2) is 0 Å². The summed E-state index contributed by atoms with van der Waals surface area (Å²) in [4.78, 5) is 0. The van der Waals surface area contributed by atoms with Crippen molar-refractivity contribution in [1.82, 2.24) is 0 Å². The molecule has 0 heterocycles. The van der Waals surface area contributed by atoms with Crippen LogP contribution in [0, 0.1) is 12.7 Å². The number of halogens is 3. The summed E-state index contributed by atoms with van der Waals surface area (Å²) in [6, 6.07) is 10.1. The average molecular weight is 298 g/mol. The molecule has 0 saturated heterocycles. The van der Waals surface area contributed by atoms with Gasteiger partial charge in [-0.25, -0.2) is 4.39 Å². The predicted octanol–water partition coefficient (Wildman–Crippen LogP) is 5.61. The molecule has 0 spiro atoms. The van der Waals surface area contributed by atoms with Crippen molar-refractivity contribution >= 4 is 28.9 Å². The van der Waals surface area contributed by atoms with Gasteiger partial charge in [0.1, 0.15) is 5.82 Å². The SMILES string of the molecule is Cc1ccc(NC(C)c2ccc(F)cc2Cl)cc1Cl. The first-order chi connectivity index (χ1) is 8.97. The number of aryl methyl sites for hydroxylation is 1. The third-order valence-electron chi connectivity index (χ3n) is 2.98. The second-order valence-electron chi connectivity index (χ2n) is 4.50. The van der Waals surface area contributed by atoms with Gasteiger partial charge in [-0.3, -0.25) is 0 Å². The van der Waals surface area contributed by atoms with Crippen molar-refractivity contribution < 1.29 is 4.39 Å². The predicted molar refractivity (Wildman–Crippen MR) is 79.6 cm³/mol. The van der Waals surface area contributed by atoms with E-state index in [1.807, 2.05) is 32.0 Å². The van der Waals surface area contributed by atoms with Gasteiger partial charge in [0.25, 0.3) is 0 Å². The van der Waals surface area contributed by atoms with Crippen molar-refractivity contribution in [2.45, 2.75) is 19.9 Å². The Bertz CT molecular complexity index is 599. The molecule has 0 aliphatic rings. The van der Waals surface area contributed by atoms with Crippen LogP contribution in [0.15, 0.2) is 36.4 Å². The molecule has 2 aromatic rings. The molecule has 0 fully saturated rings. The van der Waals surface area contributed by atoms with E-state index in [4.69, 9.17) is 23.2 Å². The van der Waals surface area contributed by atoms with Gasteiger partial charge in [-0.15, -0.1) is 0 Å². The maximum Gasteiger partial charge on any atom is 0.124 e. The minimum atomic E-state index is -0.334. The van der Waals surface area contributed by atoms with Gasteiger partial charge in [0, 0.05) is 21.8 Å². The monoisotopic (exact) mass is 297 g/mol. The first-order valence-electron chi connectivity index (χ1n) is 5.95. The molecule has 0 aromatic heterocycles. The summed E-state index contributed by atoms with van der Waals surface area (Å²) in [6.45, 7) is 3.92. The van der Waals surface area contributed by atoms with Crippen molar-refractivity contribution in [3.63, 3.8) is 0 Å². The van der Waals surface area contributed by atoms with Crippen LogP contribution in [0.4, 0.5) is 10.1 Å². The van der Waals surface area contributed by atoms with Crippen LogP contribution in [0.2, 0.25) is 10.0 Å². The fraction of sp³-hybridized carbons (Fsp3) is 0.200. The van der Waals surface area contributed by atoms with E-state index < -0.39 is 0 Å². The van der Waals surface area contributed by atoms with E-state index in [1.165, 1.54) is 12.1 Å². The quantitative estimate of drug-likeness (QED) is 0.776. The molecule has 2 aromatic carbocycles. The highest BCUT2D eigenvalue weighted by atomic mass is 35.5. The van der Waals surface area contributed by atoms with Crippen LogP contribution >= 0.6 is 23.2 Å². The highest BCUT2D eigenvalue weighted by Gasteiger charge is 2.10. The molecule has 1 atom stereocenters. The van der Waals surface area contributed by atoms with Gasteiger partial charge in [0.05, 0.1) is 0 Å². The summed E-state index contributed by atoms with van der Waals surface area (Å²) in [7, 11) is 0. The molecule has 100 valence electrons. The zero-order chi connectivity index (χ0) is 14.0. The number of nitrogens with one attached hydrogen (secondary N) is 1. The molecule has 1 unspecified atom stereocenters. The standard InChI is InChI=1S/C15H14Cl2FN/c1-9-3-5-12(8-14(9)16)19-10(2)13-6-4-11(18)7-15(13)17/h3-8,10,19H,1-2H3. The molecule has 0 bridgehead atoms. The number of hydrogen-bond donors (Lipinski definition) is 1. The van der Waals surface area contributed by atoms with Gasteiger partial charge in [0.2, 0.25) is 0 Å². The van der Waals surface area contributed by atoms with Crippen molar-refractivity contribution in [3.8, 4) is 0 Å². The normalized spacial score (nSPS) is 12.3. The molecule has 1 nitrogen and oxygen atoms in total. The summed E-state index contributed by atoms with van der Waals surface area (Å²) in [5, 5.41) is 4.42. The molecular formula is C15H14Cl2FN. The van der Waals surface area contributed by atoms with Crippen LogP contribution in [0.1, 0.15) is 24.1 Å². The Balaban J connectivity index is 2.20. The van der Waals surface area contributed by atoms with Gasteiger partial charge < -0.3 is 5.32 Å². The van der Waals surface area contributed by atoms with Crippen LogP contribution in [0.5, 0.6) is 0 Å². The van der Waals surface area contributed by atoms with Gasteiger partial charge in [-0.05, 0) is 49.2 Å². The molecule has 0 saturated carbocycles. The van der Waals surface area contributed by atoms with Crippen LogP contribution < -0.4 is 5.32 Å². The van der Waals surface area contributed by atoms with Crippen LogP contribution in [0.25, 0.3) is 0 Å². The molecule has 1 N–H and O–H groups in total.